The summed E-state index contributed by atoms with van der Waals surface area (Å²) in [6.45, 7) is 2.74. The highest BCUT2D eigenvalue weighted by molar-refractivity contribution is 5.55. The SMILES string of the molecule is CC(C)C(C=O)C(F)(F)F. The van der Waals surface area contributed by atoms with Gasteiger partial charge in [-0.25, -0.2) is 0 Å². The summed E-state index contributed by atoms with van der Waals surface area (Å²) >= 11 is 0. The van der Waals surface area contributed by atoms with E-state index in [0.717, 1.165) is 0 Å². The number of carbonyl (C=O) groups excluding carboxylic acids is 1. The van der Waals surface area contributed by atoms with Crippen LogP contribution in [0.2, 0.25) is 0 Å². The number of alkyl halides is 3. The van der Waals surface area contributed by atoms with E-state index in [1.54, 1.807) is 0 Å². The van der Waals surface area contributed by atoms with Gasteiger partial charge in [0.05, 0.1) is 0 Å². The van der Waals surface area contributed by atoms with Crippen molar-refractivity contribution >= 4 is 6.29 Å². The van der Waals surface area contributed by atoms with Crippen LogP contribution in [0.5, 0.6) is 0 Å². The molecule has 4 heteroatoms. The molecule has 0 fully saturated rings. The van der Waals surface area contributed by atoms with Crippen LogP contribution < -0.4 is 0 Å². The molecule has 0 spiro atoms. The minimum absolute atomic E-state index is 0.0509. The van der Waals surface area contributed by atoms with E-state index in [0.29, 0.717) is 0 Å². The van der Waals surface area contributed by atoms with E-state index >= 15 is 0 Å². The quantitative estimate of drug-likeness (QED) is 0.556. The maximum absolute atomic E-state index is 11.7. The molecule has 0 N–H and O–H groups in total. The lowest BCUT2D eigenvalue weighted by molar-refractivity contribution is -0.182. The van der Waals surface area contributed by atoms with Crippen LogP contribution in [0.4, 0.5) is 13.2 Å². The van der Waals surface area contributed by atoms with E-state index in [2.05, 4.69) is 0 Å². The van der Waals surface area contributed by atoms with Gasteiger partial charge in [0.25, 0.3) is 0 Å². The van der Waals surface area contributed by atoms with Gasteiger partial charge in [-0.1, -0.05) is 13.8 Å². The van der Waals surface area contributed by atoms with Crippen molar-refractivity contribution in [3.63, 3.8) is 0 Å². The standard InChI is InChI=1S/C6H9F3O/c1-4(2)5(3-10)6(7,8)9/h3-5H,1-2H3. The molecule has 1 unspecified atom stereocenters. The summed E-state index contributed by atoms with van der Waals surface area (Å²) in [7, 11) is 0. The molecule has 0 aromatic heterocycles. The average molecular weight is 154 g/mol. The second kappa shape index (κ2) is 3.03. The molecule has 1 nitrogen and oxygen atoms in total. The van der Waals surface area contributed by atoms with Crippen molar-refractivity contribution in [3.05, 3.63) is 0 Å². The first-order valence-electron chi connectivity index (χ1n) is 2.91. The summed E-state index contributed by atoms with van der Waals surface area (Å²) in [6.07, 6.45) is -4.43. The number of carbonyl (C=O) groups is 1. The summed E-state index contributed by atoms with van der Waals surface area (Å²) in [5, 5.41) is 0. The maximum Gasteiger partial charge on any atom is 0.398 e. The molecule has 10 heavy (non-hydrogen) atoms. The zero-order valence-electron chi connectivity index (χ0n) is 5.77. The zero-order valence-corrected chi connectivity index (χ0v) is 5.77. The van der Waals surface area contributed by atoms with Crippen LogP contribution in [0.3, 0.4) is 0 Å². The molecule has 60 valence electrons. The van der Waals surface area contributed by atoms with Crippen molar-refractivity contribution in [2.75, 3.05) is 0 Å². The molecule has 0 aromatic carbocycles. The van der Waals surface area contributed by atoms with Gasteiger partial charge in [-0.15, -0.1) is 0 Å². The molecule has 0 aromatic rings. The Balaban J connectivity index is 4.21. The topological polar surface area (TPSA) is 17.1 Å². The molecule has 0 bridgehead atoms. The minimum atomic E-state index is -4.38. The molecule has 0 radical (unpaired) electrons. The molecular formula is C6H9F3O. The molecule has 0 saturated heterocycles. The second-order valence-electron chi connectivity index (χ2n) is 2.45. The van der Waals surface area contributed by atoms with Crippen molar-refractivity contribution in [2.24, 2.45) is 11.8 Å². The van der Waals surface area contributed by atoms with E-state index in [-0.39, 0.29) is 6.29 Å². The Labute approximate surface area is 57.2 Å². The molecule has 0 aliphatic heterocycles. The predicted octanol–water partition coefficient (Wildman–Crippen LogP) is 2.02. The monoisotopic (exact) mass is 154 g/mol. The van der Waals surface area contributed by atoms with Crippen LogP contribution >= 0.6 is 0 Å². The molecule has 1 atom stereocenters. The van der Waals surface area contributed by atoms with Crippen LogP contribution in [0.25, 0.3) is 0 Å². The Bertz CT molecular complexity index is 117. The lowest BCUT2D eigenvalue weighted by atomic mass is 9.97. The second-order valence-corrected chi connectivity index (χ2v) is 2.45. The number of rotatable bonds is 2. The van der Waals surface area contributed by atoms with Crippen LogP contribution in [0, 0.1) is 11.8 Å². The number of hydrogen-bond acceptors (Lipinski definition) is 1. The van der Waals surface area contributed by atoms with Gasteiger partial charge in [0.2, 0.25) is 0 Å². The van der Waals surface area contributed by atoms with E-state index < -0.39 is 18.0 Å². The van der Waals surface area contributed by atoms with E-state index in [4.69, 9.17) is 0 Å². The van der Waals surface area contributed by atoms with Crippen molar-refractivity contribution < 1.29 is 18.0 Å². The molecule has 0 rings (SSSR count). The molecule has 0 saturated carbocycles. The minimum Gasteiger partial charge on any atom is -0.303 e. The third kappa shape index (κ3) is 2.37. The van der Waals surface area contributed by atoms with Gasteiger partial charge in [-0.2, -0.15) is 13.2 Å². The summed E-state index contributed by atoms with van der Waals surface area (Å²) in [5.41, 5.74) is 0. The first kappa shape index (κ1) is 9.46. The van der Waals surface area contributed by atoms with Gasteiger partial charge >= 0.3 is 6.18 Å². The normalized spacial score (nSPS) is 15.4. The fourth-order valence-electron chi connectivity index (χ4n) is 0.612. The smallest absolute Gasteiger partial charge is 0.303 e. The van der Waals surface area contributed by atoms with Gasteiger partial charge in [0.1, 0.15) is 12.2 Å². The van der Waals surface area contributed by atoms with Crippen molar-refractivity contribution in [1.29, 1.82) is 0 Å². The lowest BCUT2D eigenvalue weighted by Gasteiger charge is -2.16. The van der Waals surface area contributed by atoms with Gasteiger partial charge in [0.15, 0.2) is 0 Å². The van der Waals surface area contributed by atoms with Crippen LogP contribution in [0.1, 0.15) is 13.8 Å². The molecular weight excluding hydrogens is 145 g/mol. The summed E-state index contributed by atoms with van der Waals surface area (Å²) < 4.78 is 35.2. The lowest BCUT2D eigenvalue weighted by Crippen LogP contribution is -2.28. The Hall–Kier alpha value is -0.540. The zero-order chi connectivity index (χ0) is 8.36. The van der Waals surface area contributed by atoms with Gasteiger partial charge in [-0.3, -0.25) is 0 Å². The average Bonchev–Trinajstić information content (AvgIpc) is 1.60. The highest BCUT2D eigenvalue weighted by Gasteiger charge is 2.41. The molecule has 0 amide bonds. The van der Waals surface area contributed by atoms with Crippen molar-refractivity contribution in [2.45, 2.75) is 20.0 Å². The van der Waals surface area contributed by atoms with Crippen LogP contribution in [0.15, 0.2) is 0 Å². The third-order valence-electron chi connectivity index (χ3n) is 1.24. The van der Waals surface area contributed by atoms with Crippen molar-refractivity contribution in [3.8, 4) is 0 Å². The first-order valence-corrected chi connectivity index (χ1v) is 2.91. The molecule has 0 aliphatic carbocycles. The largest absolute Gasteiger partial charge is 0.398 e. The number of halogens is 3. The van der Waals surface area contributed by atoms with Crippen molar-refractivity contribution in [1.82, 2.24) is 0 Å². The molecule has 0 heterocycles. The van der Waals surface area contributed by atoms with Gasteiger partial charge < -0.3 is 4.79 Å². The van der Waals surface area contributed by atoms with Crippen LogP contribution in [-0.2, 0) is 4.79 Å². The maximum atomic E-state index is 11.7. The summed E-state index contributed by atoms with van der Waals surface area (Å²) in [6, 6.07) is 0. The Morgan fingerprint density at radius 2 is 1.70 bits per heavy atom. The van der Waals surface area contributed by atoms with Gasteiger partial charge in [0, 0.05) is 0 Å². The Kier molecular flexibility index (Phi) is 2.87. The van der Waals surface area contributed by atoms with Crippen LogP contribution in [-0.4, -0.2) is 12.5 Å². The summed E-state index contributed by atoms with van der Waals surface area (Å²) in [4.78, 5) is 9.87. The van der Waals surface area contributed by atoms with E-state index in [1.165, 1.54) is 13.8 Å². The fourth-order valence-corrected chi connectivity index (χ4v) is 0.612. The van der Waals surface area contributed by atoms with E-state index in [9.17, 15) is 18.0 Å². The highest BCUT2D eigenvalue weighted by Crippen LogP contribution is 2.29. The van der Waals surface area contributed by atoms with Gasteiger partial charge in [-0.05, 0) is 5.92 Å². The highest BCUT2D eigenvalue weighted by atomic mass is 19.4. The number of hydrogen-bond donors (Lipinski definition) is 0. The molecule has 0 aliphatic rings. The third-order valence-corrected chi connectivity index (χ3v) is 1.24. The Morgan fingerprint density at radius 3 is 1.70 bits per heavy atom. The van der Waals surface area contributed by atoms with E-state index in [1.807, 2.05) is 0 Å². The fraction of sp³-hybridized carbons (Fsp3) is 0.833. The predicted molar refractivity (Wildman–Crippen MR) is 30.4 cm³/mol. The summed E-state index contributed by atoms with van der Waals surface area (Å²) in [5.74, 6) is -2.48. The Morgan fingerprint density at radius 1 is 1.30 bits per heavy atom. The number of aldehydes is 1. The first-order chi connectivity index (χ1) is 4.39.